The summed E-state index contributed by atoms with van der Waals surface area (Å²) >= 11 is 0. The summed E-state index contributed by atoms with van der Waals surface area (Å²) in [5.41, 5.74) is 3.10. The summed E-state index contributed by atoms with van der Waals surface area (Å²) in [6.07, 6.45) is 6.43. The smallest absolute Gasteiger partial charge is 0.245 e. The third-order valence-electron chi connectivity index (χ3n) is 7.01. The molecule has 33 heavy (non-hydrogen) atoms. The van der Waals surface area contributed by atoms with E-state index in [1.165, 1.54) is 5.56 Å². The second kappa shape index (κ2) is 9.21. The molecule has 3 amide bonds. The van der Waals surface area contributed by atoms with E-state index in [0.717, 1.165) is 24.2 Å². The van der Waals surface area contributed by atoms with Gasteiger partial charge in [0, 0.05) is 44.5 Å². The minimum Gasteiger partial charge on any atom is -0.369 e. The molecule has 0 radical (unpaired) electrons. The largest absolute Gasteiger partial charge is 0.369 e. The number of hydrogen-bond donors (Lipinski definition) is 2. The quantitative estimate of drug-likeness (QED) is 0.732. The van der Waals surface area contributed by atoms with E-state index in [0.29, 0.717) is 44.9 Å². The van der Waals surface area contributed by atoms with Crippen molar-refractivity contribution in [3.63, 3.8) is 0 Å². The lowest BCUT2D eigenvalue weighted by molar-refractivity contribution is -0.135. The minimum atomic E-state index is -0.343. The fraction of sp³-hybridized carbons (Fsp3) is 0.440. The molecule has 0 saturated carbocycles. The number of anilines is 2. The van der Waals surface area contributed by atoms with Gasteiger partial charge in [0.15, 0.2) is 0 Å². The van der Waals surface area contributed by atoms with Crippen molar-refractivity contribution in [1.82, 2.24) is 15.2 Å². The van der Waals surface area contributed by atoms with E-state index in [2.05, 4.69) is 32.7 Å². The number of carbonyl (C=O) groups is 3. The second-order valence-electron chi connectivity index (χ2n) is 9.18. The molecule has 3 aliphatic rings. The summed E-state index contributed by atoms with van der Waals surface area (Å²) in [6.45, 7) is 2.84. The first-order valence-electron chi connectivity index (χ1n) is 11.7. The Bertz CT molecular complexity index is 1010. The van der Waals surface area contributed by atoms with Crippen LogP contribution in [0.5, 0.6) is 0 Å². The van der Waals surface area contributed by atoms with E-state index in [1.807, 2.05) is 35.4 Å². The van der Waals surface area contributed by atoms with Gasteiger partial charge in [0.2, 0.25) is 17.7 Å². The Balaban J connectivity index is 1.08. The van der Waals surface area contributed by atoms with Gasteiger partial charge in [-0.05, 0) is 55.0 Å². The maximum Gasteiger partial charge on any atom is 0.245 e. The van der Waals surface area contributed by atoms with E-state index in [1.54, 1.807) is 6.20 Å². The summed E-state index contributed by atoms with van der Waals surface area (Å²) in [6, 6.07) is 11.7. The zero-order valence-corrected chi connectivity index (χ0v) is 18.6. The van der Waals surface area contributed by atoms with E-state index < -0.39 is 0 Å². The maximum atomic E-state index is 12.6. The number of hydrogen-bond acceptors (Lipinski definition) is 5. The van der Waals surface area contributed by atoms with E-state index >= 15 is 0 Å². The Morgan fingerprint density at radius 1 is 1.03 bits per heavy atom. The number of aromatic nitrogens is 1. The molecule has 8 nitrogen and oxygen atoms in total. The number of rotatable bonds is 5. The topological polar surface area (TPSA) is 94.6 Å². The molecular formula is C25H29N5O3. The van der Waals surface area contributed by atoms with Gasteiger partial charge in [0.1, 0.15) is 6.04 Å². The molecule has 0 bridgehead atoms. The van der Waals surface area contributed by atoms with Crippen LogP contribution in [0.4, 0.5) is 11.4 Å². The zero-order valence-electron chi connectivity index (χ0n) is 18.6. The number of nitrogens with zero attached hydrogens (tertiary/aromatic N) is 3. The fourth-order valence-electron chi connectivity index (χ4n) is 4.93. The van der Waals surface area contributed by atoms with Crippen LogP contribution in [0.25, 0.3) is 0 Å². The summed E-state index contributed by atoms with van der Waals surface area (Å²) in [5, 5.41) is 5.81. The summed E-state index contributed by atoms with van der Waals surface area (Å²) < 4.78 is 0. The van der Waals surface area contributed by atoms with Crippen LogP contribution < -0.4 is 15.5 Å². The van der Waals surface area contributed by atoms with Gasteiger partial charge in [-0.15, -0.1) is 0 Å². The Labute approximate surface area is 193 Å². The number of amides is 3. The number of piperidine rings is 1. The number of carbonyl (C=O) groups excluding carboxylic acids is 3. The van der Waals surface area contributed by atoms with Crippen LogP contribution in [0.3, 0.4) is 0 Å². The summed E-state index contributed by atoms with van der Waals surface area (Å²) in [7, 11) is 0. The minimum absolute atomic E-state index is 0.0172. The predicted molar refractivity (Wildman–Crippen MR) is 125 cm³/mol. The molecule has 172 valence electrons. The molecule has 1 aromatic heterocycles. The molecule has 2 N–H and O–H groups in total. The van der Waals surface area contributed by atoms with Crippen molar-refractivity contribution in [3.05, 3.63) is 54.4 Å². The van der Waals surface area contributed by atoms with Crippen LogP contribution in [0.2, 0.25) is 0 Å². The lowest BCUT2D eigenvalue weighted by Crippen LogP contribution is -2.52. The Hall–Kier alpha value is -3.42. The Morgan fingerprint density at radius 3 is 2.42 bits per heavy atom. The molecular weight excluding hydrogens is 418 g/mol. The SMILES string of the molecule is O=C1CC[C@@H](C(=O)N2CCC(c3ccc(NC(=O)C4CN(c5cccnc5)C4)cc3)CC2)N1. The molecule has 3 aliphatic heterocycles. The first kappa shape index (κ1) is 21.4. The average Bonchev–Trinajstić information content (AvgIpc) is 3.25. The molecule has 0 aliphatic carbocycles. The van der Waals surface area contributed by atoms with Gasteiger partial charge in [-0.2, -0.15) is 0 Å². The first-order valence-corrected chi connectivity index (χ1v) is 11.7. The number of likely N-dealkylation sites (tertiary alicyclic amines) is 1. The van der Waals surface area contributed by atoms with Gasteiger partial charge in [-0.3, -0.25) is 19.4 Å². The van der Waals surface area contributed by atoms with Crippen molar-refractivity contribution in [3.8, 4) is 0 Å². The lowest BCUT2D eigenvalue weighted by Gasteiger charge is -2.39. The second-order valence-corrected chi connectivity index (χ2v) is 9.18. The predicted octanol–water partition coefficient (Wildman–Crippen LogP) is 2.14. The third-order valence-corrected chi connectivity index (χ3v) is 7.01. The van der Waals surface area contributed by atoms with Crippen LogP contribution in [0.15, 0.2) is 48.8 Å². The molecule has 4 heterocycles. The number of benzene rings is 1. The van der Waals surface area contributed by atoms with Crippen molar-refractivity contribution in [2.75, 3.05) is 36.4 Å². The van der Waals surface area contributed by atoms with Crippen LogP contribution in [0, 0.1) is 5.92 Å². The molecule has 1 atom stereocenters. The van der Waals surface area contributed by atoms with Crippen molar-refractivity contribution in [2.45, 2.75) is 37.6 Å². The van der Waals surface area contributed by atoms with Crippen LogP contribution in [-0.2, 0) is 14.4 Å². The molecule has 2 aromatic rings. The fourth-order valence-corrected chi connectivity index (χ4v) is 4.93. The standard InChI is InChI=1S/C25H29N5O3/c31-23-8-7-22(28-23)25(33)29-12-9-18(10-13-29)17-3-5-20(6-4-17)27-24(32)19-15-30(16-19)21-2-1-11-26-14-21/h1-6,11,14,18-19,22H,7-10,12-13,15-16H2,(H,27,32)(H,28,31)/t22-/m0/s1. The third kappa shape index (κ3) is 4.69. The number of pyridine rings is 1. The van der Waals surface area contributed by atoms with Gasteiger partial charge in [-0.25, -0.2) is 0 Å². The number of nitrogens with one attached hydrogen (secondary N) is 2. The van der Waals surface area contributed by atoms with Crippen molar-refractivity contribution in [2.24, 2.45) is 5.92 Å². The zero-order chi connectivity index (χ0) is 22.8. The van der Waals surface area contributed by atoms with Gasteiger partial charge in [0.25, 0.3) is 0 Å². The molecule has 1 aromatic carbocycles. The van der Waals surface area contributed by atoms with E-state index in [9.17, 15) is 14.4 Å². The summed E-state index contributed by atoms with van der Waals surface area (Å²) in [5.74, 6) is 0.454. The van der Waals surface area contributed by atoms with Crippen LogP contribution >= 0.6 is 0 Å². The monoisotopic (exact) mass is 447 g/mol. The normalized spacial score (nSPS) is 21.5. The maximum absolute atomic E-state index is 12.6. The van der Waals surface area contributed by atoms with Gasteiger partial charge >= 0.3 is 0 Å². The average molecular weight is 448 g/mol. The highest BCUT2D eigenvalue weighted by Gasteiger charge is 2.34. The molecule has 0 unspecified atom stereocenters. The van der Waals surface area contributed by atoms with Gasteiger partial charge < -0.3 is 20.4 Å². The molecule has 8 heteroatoms. The van der Waals surface area contributed by atoms with Gasteiger partial charge in [-0.1, -0.05) is 12.1 Å². The highest BCUT2D eigenvalue weighted by molar-refractivity contribution is 5.94. The molecule has 3 saturated heterocycles. The van der Waals surface area contributed by atoms with E-state index in [4.69, 9.17) is 0 Å². The molecule has 3 fully saturated rings. The highest BCUT2D eigenvalue weighted by atomic mass is 16.2. The first-order chi connectivity index (χ1) is 16.1. The Morgan fingerprint density at radius 2 is 1.79 bits per heavy atom. The van der Waals surface area contributed by atoms with Crippen molar-refractivity contribution in [1.29, 1.82) is 0 Å². The van der Waals surface area contributed by atoms with Crippen LogP contribution in [0.1, 0.15) is 37.2 Å². The highest BCUT2D eigenvalue weighted by Crippen LogP contribution is 2.30. The Kier molecular flexibility index (Phi) is 5.98. The van der Waals surface area contributed by atoms with Gasteiger partial charge in [0.05, 0.1) is 17.8 Å². The van der Waals surface area contributed by atoms with E-state index in [-0.39, 0.29) is 29.7 Å². The van der Waals surface area contributed by atoms with Crippen molar-refractivity contribution < 1.29 is 14.4 Å². The van der Waals surface area contributed by atoms with Crippen LogP contribution in [-0.4, -0.2) is 59.8 Å². The van der Waals surface area contributed by atoms with Crippen molar-refractivity contribution >= 4 is 29.1 Å². The lowest BCUT2D eigenvalue weighted by atomic mass is 9.89. The molecule has 0 spiro atoms. The molecule has 5 rings (SSSR count). The summed E-state index contributed by atoms with van der Waals surface area (Å²) in [4.78, 5) is 44.7.